The molecule has 1 aliphatic carbocycles. The molecule has 1 aliphatic heterocycles. The van der Waals surface area contributed by atoms with E-state index in [1.807, 2.05) is 29.2 Å². The van der Waals surface area contributed by atoms with E-state index in [0.29, 0.717) is 17.0 Å². The maximum atomic E-state index is 12.8. The lowest BCUT2D eigenvalue weighted by molar-refractivity contribution is -0.135. The number of amides is 1. The van der Waals surface area contributed by atoms with E-state index in [4.69, 9.17) is 4.42 Å². The fourth-order valence-corrected chi connectivity index (χ4v) is 4.80. The van der Waals surface area contributed by atoms with Gasteiger partial charge in [0.2, 0.25) is 11.5 Å². The molecule has 0 N–H and O–H groups in total. The highest BCUT2D eigenvalue weighted by atomic mass is 16.3. The van der Waals surface area contributed by atoms with E-state index < -0.39 is 0 Å². The molecule has 1 amide bonds. The number of furan rings is 1. The molecule has 1 aromatic carbocycles. The zero-order chi connectivity index (χ0) is 18.4. The van der Waals surface area contributed by atoms with Crippen molar-refractivity contribution in [1.29, 1.82) is 0 Å². The van der Waals surface area contributed by atoms with Gasteiger partial charge < -0.3 is 9.32 Å². The van der Waals surface area contributed by atoms with E-state index in [0.717, 1.165) is 30.8 Å². The Kier molecular flexibility index (Phi) is 3.99. The summed E-state index contributed by atoms with van der Waals surface area (Å²) < 4.78 is 7.08. The SMILES string of the molecule is O=C(Cn1cnc2c(oc3ccccc32)c1=O)N1CC[C@H]2CCCC[C@H]2C1. The minimum Gasteiger partial charge on any atom is -0.448 e. The Balaban J connectivity index is 1.39. The van der Waals surface area contributed by atoms with E-state index in [1.165, 1.54) is 36.6 Å². The summed E-state index contributed by atoms with van der Waals surface area (Å²) in [6.07, 6.45) is 7.69. The van der Waals surface area contributed by atoms with Crippen LogP contribution in [0.1, 0.15) is 32.1 Å². The fourth-order valence-electron chi connectivity index (χ4n) is 4.80. The maximum Gasteiger partial charge on any atom is 0.297 e. The topological polar surface area (TPSA) is 68.3 Å². The molecule has 3 aromatic rings. The lowest BCUT2D eigenvalue weighted by Gasteiger charge is -2.41. The second kappa shape index (κ2) is 6.51. The van der Waals surface area contributed by atoms with Crippen LogP contribution in [-0.4, -0.2) is 33.4 Å². The van der Waals surface area contributed by atoms with E-state index in [9.17, 15) is 9.59 Å². The van der Waals surface area contributed by atoms with Gasteiger partial charge >= 0.3 is 0 Å². The summed E-state index contributed by atoms with van der Waals surface area (Å²) in [6.45, 7) is 1.66. The number of carbonyl (C=O) groups is 1. The van der Waals surface area contributed by atoms with Crippen LogP contribution in [0, 0.1) is 11.8 Å². The monoisotopic (exact) mass is 365 g/mol. The summed E-state index contributed by atoms with van der Waals surface area (Å²) in [7, 11) is 0. The zero-order valence-electron chi connectivity index (χ0n) is 15.3. The first-order valence-electron chi connectivity index (χ1n) is 9.85. The number of benzene rings is 1. The average molecular weight is 365 g/mol. The Hall–Kier alpha value is -2.63. The molecule has 0 bridgehead atoms. The van der Waals surface area contributed by atoms with Crippen molar-refractivity contribution in [3.05, 3.63) is 40.9 Å². The third kappa shape index (κ3) is 2.83. The van der Waals surface area contributed by atoms with Gasteiger partial charge in [0, 0.05) is 18.5 Å². The summed E-state index contributed by atoms with van der Waals surface area (Å²) in [4.78, 5) is 31.9. The van der Waals surface area contributed by atoms with Crippen molar-refractivity contribution < 1.29 is 9.21 Å². The summed E-state index contributed by atoms with van der Waals surface area (Å²) in [5.41, 5.74) is 1.12. The average Bonchev–Trinajstić information content (AvgIpc) is 3.09. The minimum absolute atomic E-state index is 0.00150. The predicted octanol–water partition coefficient (Wildman–Crippen LogP) is 3.18. The highest BCUT2D eigenvalue weighted by Gasteiger charge is 2.33. The van der Waals surface area contributed by atoms with Gasteiger partial charge in [-0.25, -0.2) is 4.98 Å². The second-order valence-corrected chi connectivity index (χ2v) is 7.89. The molecule has 6 nitrogen and oxygen atoms in total. The van der Waals surface area contributed by atoms with Gasteiger partial charge in [0.1, 0.15) is 17.6 Å². The summed E-state index contributed by atoms with van der Waals surface area (Å²) in [5.74, 6) is 1.40. The first-order chi connectivity index (χ1) is 13.2. The number of likely N-dealkylation sites (tertiary alicyclic amines) is 1. The highest BCUT2D eigenvalue weighted by molar-refractivity contribution is 6.01. The van der Waals surface area contributed by atoms with Crippen LogP contribution >= 0.6 is 0 Å². The normalized spacial score (nSPS) is 22.9. The first kappa shape index (κ1) is 16.5. The standard InChI is InChI=1S/C21H23N3O3/c25-18(23-10-9-14-5-1-2-6-15(14)11-23)12-24-13-22-19-16-7-3-4-8-17(16)27-20(19)21(24)26/h3-4,7-8,13-15H,1-2,5-6,9-12H2/t14-,15+/m1/s1. The molecule has 1 saturated carbocycles. The predicted molar refractivity (Wildman–Crippen MR) is 102 cm³/mol. The van der Waals surface area contributed by atoms with Crippen molar-refractivity contribution in [2.24, 2.45) is 11.8 Å². The van der Waals surface area contributed by atoms with Crippen LogP contribution in [0.2, 0.25) is 0 Å². The number of piperidine rings is 1. The molecule has 2 atom stereocenters. The molecule has 27 heavy (non-hydrogen) atoms. The lowest BCUT2D eigenvalue weighted by Crippen LogP contribution is -2.46. The van der Waals surface area contributed by atoms with Gasteiger partial charge in [-0.05, 0) is 36.8 Å². The van der Waals surface area contributed by atoms with Crippen molar-refractivity contribution in [3.63, 3.8) is 0 Å². The maximum absolute atomic E-state index is 12.8. The molecule has 6 heteroatoms. The number of nitrogens with zero attached hydrogens (tertiary/aromatic N) is 3. The van der Waals surface area contributed by atoms with E-state index in [2.05, 4.69) is 4.98 Å². The van der Waals surface area contributed by atoms with Crippen molar-refractivity contribution in [2.45, 2.75) is 38.6 Å². The molecule has 2 aliphatic rings. The number of aromatic nitrogens is 2. The smallest absolute Gasteiger partial charge is 0.297 e. The van der Waals surface area contributed by atoms with Gasteiger partial charge in [0.25, 0.3) is 5.56 Å². The third-order valence-corrected chi connectivity index (χ3v) is 6.30. The largest absolute Gasteiger partial charge is 0.448 e. The van der Waals surface area contributed by atoms with Crippen LogP contribution in [0.15, 0.2) is 39.8 Å². The first-order valence-corrected chi connectivity index (χ1v) is 9.85. The quantitative estimate of drug-likeness (QED) is 0.699. The number of carbonyl (C=O) groups excluding carboxylic acids is 1. The molecule has 3 heterocycles. The zero-order valence-corrected chi connectivity index (χ0v) is 15.3. The van der Waals surface area contributed by atoms with Crippen LogP contribution in [0.3, 0.4) is 0 Å². The van der Waals surface area contributed by atoms with Crippen molar-refractivity contribution in [2.75, 3.05) is 13.1 Å². The number of rotatable bonds is 2. The number of hydrogen-bond acceptors (Lipinski definition) is 4. The van der Waals surface area contributed by atoms with Crippen molar-refractivity contribution >= 4 is 28.0 Å². The Morgan fingerprint density at radius 3 is 2.85 bits per heavy atom. The molecule has 2 aromatic heterocycles. The van der Waals surface area contributed by atoms with Crippen molar-refractivity contribution in [3.8, 4) is 0 Å². The lowest BCUT2D eigenvalue weighted by atomic mass is 9.75. The van der Waals surface area contributed by atoms with E-state index in [1.54, 1.807) is 0 Å². The van der Waals surface area contributed by atoms with Crippen LogP contribution in [0.5, 0.6) is 0 Å². The Bertz CT molecular complexity index is 1070. The van der Waals surface area contributed by atoms with Gasteiger partial charge in [0.15, 0.2) is 0 Å². The molecule has 1 saturated heterocycles. The Morgan fingerprint density at radius 2 is 1.96 bits per heavy atom. The number of fused-ring (bicyclic) bond motifs is 4. The van der Waals surface area contributed by atoms with Crippen LogP contribution in [0.25, 0.3) is 22.1 Å². The summed E-state index contributed by atoms with van der Waals surface area (Å²) in [6, 6.07) is 7.46. The molecular formula is C21H23N3O3. The fraction of sp³-hybridized carbons (Fsp3) is 0.476. The van der Waals surface area contributed by atoms with Gasteiger partial charge in [-0.3, -0.25) is 14.2 Å². The molecule has 0 unspecified atom stereocenters. The van der Waals surface area contributed by atoms with Gasteiger partial charge in [-0.1, -0.05) is 31.4 Å². The van der Waals surface area contributed by atoms with Gasteiger partial charge in [0.05, 0.1) is 6.33 Å². The summed E-state index contributed by atoms with van der Waals surface area (Å²) in [5, 5.41) is 0.822. The third-order valence-electron chi connectivity index (χ3n) is 6.30. The highest BCUT2D eigenvalue weighted by Crippen LogP contribution is 2.36. The van der Waals surface area contributed by atoms with E-state index in [-0.39, 0.29) is 23.6 Å². The second-order valence-electron chi connectivity index (χ2n) is 7.89. The summed E-state index contributed by atoms with van der Waals surface area (Å²) >= 11 is 0. The van der Waals surface area contributed by atoms with Crippen LogP contribution in [0.4, 0.5) is 0 Å². The molecule has 0 spiro atoms. The number of para-hydroxylation sites is 1. The van der Waals surface area contributed by atoms with E-state index >= 15 is 0 Å². The minimum atomic E-state index is -0.294. The number of hydrogen-bond donors (Lipinski definition) is 0. The Labute approximate surface area is 156 Å². The Morgan fingerprint density at radius 1 is 1.15 bits per heavy atom. The van der Waals surface area contributed by atoms with Crippen molar-refractivity contribution in [1.82, 2.24) is 14.5 Å². The molecule has 140 valence electrons. The molecule has 5 rings (SSSR count). The molecule has 0 radical (unpaired) electrons. The van der Waals surface area contributed by atoms with Gasteiger partial charge in [-0.15, -0.1) is 0 Å². The molecule has 2 fully saturated rings. The van der Waals surface area contributed by atoms with Gasteiger partial charge in [-0.2, -0.15) is 0 Å². The molecular weight excluding hydrogens is 342 g/mol. The van der Waals surface area contributed by atoms with Crippen LogP contribution < -0.4 is 5.56 Å². The van der Waals surface area contributed by atoms with Crippen LogP contribution in [-0.2, 0) is 11.3 Å².